The van der Waals surface area contributed by atoms with Crippen molar-refractivity contribution in [3.05, 3.63) is 41.9 Å². The van der Waals surface area contributed by atoms with E-state index in [0.717, 1.165) is 18.2 Å². The summed E-state index contributed by atoms with van der Waals surface area (Å²) in [4.78, 5) is 26.3. The summed E-state index contributed by atoms with van der Waals surface area (Å²) in [6.45, 7) is 0.0300. The summed E-state index contributed by atoms with van der Waals surface area (Å²) >= 11 is 0. The SMILES string of the molecule is O=C(NCc1ccn[nH]1)C(=O)Nc1cccc(C(F)(F)F)n1. The molecular formula is C12H10F3N5O2. The van der Waals surface area contributed by atoms with Gasteiger partial charge in [0.05, 0.1) is 12.2 Å². The quantitative estimate of drug-likeness (QED) is 0.738. The third kappa shape index (κ3) is 4.04. The maximum absolute atomic E-state index is 12.5. The maximum atomic E-state index is 12.5. The average Bonchev–Trinajstić information content (AvgIpc) is 2.97. The number of nitrogens with zero attached hydrogens (tertiary/aromatic N) is 2. The van der Waals surface area contributed by atoms with Crippen LogP contribution in [0.5, 0.6) is 0 Å². The normalized spacial score (nSPS) is 11.0. The number of amides is 2. The first-order chi connectivity index (χ1) is 10.4. The van der Waals surface area contributed by atoms with Gasteiger partial charge in [0.25, 0.3) is 0 Å². The van der Waals surface area contributed by atoms with Gasteiger partial charge in [-0.25, -0.2) is 4.98 Å². The number of anilines is 1. The van der Waals surface area contributed by atoms with Crippen LogP contribution in [0.2, 0.25) is 0 Å². The molecular weight excluding hydrogens is 303 g/mol. The number of carbonyl (C=O) groups is 2. The molecule has 0 spiro atoms. The second-order valence-electron chi connectivity index (χ2n) is 4.12. The molecule has 2 rings (SSSR count). The number of aromatic nitrogens is 3. The summed E-state index contributed by atoms with van der Waals surface area (Å²) in [7, 11) is 0. The summed E-state index contributed by atoms with van der Waals surface area (Å²) in [5.74, 6) is -2.49. The van der Waals surface area contributed by atoms with E-state index in [4.69, 9.17) is 0 Å². The van der Waals surface area contributed by atoms with Crippen LogP contribution >= 0.6 is 0 Å². The van der Waals surface area contributed by atoms with Gasteiger partial charge in [-0.1, -0.05) is 6.07 Å². The number of hydrogen-bond donors (Lipinski definition) is 3. The molecule has 0 fully saturated rings. The molecule has 0 bridgehead atoms. The summed E-state index contributed by atoms with van der Waals surface area (Å²) in [6, 6.07) is 4.57. The van der Waals surface area contributed by atoms with E-state index in [2.05, 4.69) is 20.5 Å². The molecule has 0 aliphatic rings. The lowest BCUT2D eigenvalue weighted by Gasteiger charge is -2.08. The van der Waals surface area contributed by atoms with E-state index >= 15 is 0 Å². The van der Waals surface area contributed by atoms with Gasteiger partial charge in [0, 0.05) is 6.20 Å². The van der Waals surface area contributed by atoms with Gasteiger partial charge in [-0.2, -0.15) is 18.3 Å². The number of carbonyl (C=O) groups excluding carboxylic acids is 2. The lowest BCUT2D eigenvalue weighted by atomic mass is 10.3. The average molecular weight is 313 g/mol. The fourth-order valence-corrected chi connectivity index (χ4v) is 1.47. The molecule has 10 heteroatoms. The van der Waals surface area contributed by atoms with Crippen molar-refractivity contribution in [2.75, 3.05) is 5.32 Å². The predicted octanol–water partition coefficient (Wildman–Crippen LogP) is 1.08. The highest BCUT2D eigenvalue weighted by molar-refractivity contribution is 6.39. The molecule has 0 aromatic carbocycles. The zero-order valence-electron chi connectivity index (χ0n) is 10.9. The molecule has 22 heavy (non-hydrogen) atoms. The highest BCUT2D eigenvalue weighted by atomic mass is 19.4. The minimum absolute atomic E-state index is 0.0300. The topological polar surface area (TPSA) is 99.8 Å². The van der Waals surface area contributed by atoms with Crippen LogP contribution in [-0.2, 0) is 22.3 Å². The molecule has 0 atom stereocenters. The molecule has 2 heterocycles. The summed E-state index contributed by atoms with van der Waals surface area (Å²) < 4.78 is 37.4. The monoisotopic (exact) mass is 313 g/mol. The van der Waals surface area contributed by atoms with Gasteiger partial charge in [0.15, 0.2) is 0 Å². The largest absolute Gasteiger partial charge is 0.433 e. The van der Waals surface area contributed by atoms with Gasteiger partial charge in [-0.15, -0.1) is 0 Å². The Balaban J connectivity index is 1.95. The lowest BCUT2D eigenvalue weighted by Crippen LogP contribution is -2.35. The van der Waals surface area contributed by atoms with E-state index in [1.54, 1.807) is 6.07 Å². The predicted molar refractivity (Wildman–Crippen MR) is 68.3 cm³/mol. The molecule has 7 nitrogen and oxygen atoms in total. The number of rotatable bonds is 3. The molecule has 0 radical (unpaired) electrons. The van der Waals surface area contributed by atoms with Crippen molar-refractivity contribution in [3.8, 4) is 0 Å². The zero-order valence-corrected chi connectivity index (χ0v) is 10.9. The van der Waals surface area contributed by atoms with Crippen LogP contribution in [0.15, 0.2) is 30.5 Å². The van der Waals surface area contributed by atoms with Crippen LogP contribution in [0, 0.1) is 0 Å². The molecule has 0 unspecified atom stereocenters. The van der Waals surface area contributed by atoms with Crippen LogP contribution in [0.25, 0.3) is 0 Å². The van der Waals surface area contributed by atoms with Crippen molar-refractivity contribution in [1.82, 2.24) is 20.5 Å². The number of pyridine rings is 1. The first kappa shape index (κ1) is 15.5. The van der Waals surface area contributed by atoms with Gasteiger partial charge in [-0.05, 0) is 18.2 Å². The molecule has 2 aromatic heterocycles. The molecule has 0 saturated carbocycles. The number of nitrogens with one attached hydrogen (secondary N) is 3. The zero-order chi connectivity index (χ0) is 16.2. The van der Waals surface area contributed by atoms with E-state index in [9.17, 15) is 22.8 Å². The van der Waals surface area contributed by atoms with Crippen LogP contribution in [0.4, 0.5) is 19.0 Å². The lowest BCUT2D eigenvalue weighted by molar-refractivity contribution is -0.141. The minimum atomic E-state index is -4.64. The highest BCUT2D eigenvalue weighted by Gasteiger charge is 2.32. The van der Waals surface area contributed by atoms with Crippen LogP contribution in [0.3, 0.4) is 0 Å². The van der Waals surface area contributed by atoms with Crippen molar-refractivity contribution in [1.29, 1.82) is 0 Å². The minimum Gasteiger partial charge on any atom is -0.342 e. The van der Waals surface area contributed by atoms with Gasteiger partial charge >= 0.3 is 18.0 Å². The van der Waals surface area contributed by atoms with Crippen LogP contribution in [-0.4, -0.2) is 27.0 Å². The molecule has 2 amide bonds. The van der Waals surface area contributed by atoms with E-state index in [1.807, 2.05) is 5.32 Å². The third-order valence-corrected chi connectivity index (χ3v) is 2.49. The third-order valence-electron chi connectivity index (χ3n) is 2.49. The number of H-pyrrole nitrogens is 1. The van der Waals surface area contributed by atoms with E-state index in [-0.39, 0.29) is 12.4 Å². The van der Waals surface area contributed by atoms with E-state index < -0.39 is 23.7 Å². The summed E-state index contributed by atoms with van der Waals surface area (Å²) in [5.41, 5.74) is -0.596. The summed E-state index contributed by atoms with van der Waals surface area (Å²) in [5, 5.41) is 10.5. The first-order valence-electron chi connectivity index (χ1n) is 5.98. The van der Waals surface area contributed by atoms with Crippen LogP contribution in [0.1, 0.15) is 11.4 Å². The number of aromatic amines is 1. The van der Waals surface area contributed by atoms with E-state index in [1.165, 1.54) is 6.20 Å². The van der Waals surface area contributed by atoms with Crippen molar-refractivity contribution in [3.63, 3.8) is 0 Å². The Bertz CT molecular complexity index is 670. The Morgan fingerprint density at radius 1 is 1.18 bits per heavy atom. The van der Waals surface area contributed by atoms with Crippen LogP contribution < -0.4 is 10.6 Å². The van der Waals surface area contributed by atoms with Crippen molar-refractivity contribution in [2.24, 2.45) is 0 Å². The highest BCUT2D eigenvalue weighted by Crippen LogP contribution is 2.28. The van der Waals surface area contributed by atoms with Crippen molar-refractivity contribution < 1.29 is 22.8 Å². The molecule has 0 aliphatic heterocycles. The van der Waals surface area contributed by atoms with Gasteiger partial charge in [-0.3, -0.25) is 14.7 Å². The Kier molecular flexibility index (Phi) is 4.39. The Hall–Kier alpha value is -2.91. The molecule has 116 valence electrons. The van der Waals surface area contributed by atoms with Crippen molar-refractivity contribution >= 4 is 17.6 Å². The smallest absolute Gasteiger partial charge is 0.342 e. The fraction of sp³-hybridized carbons (Fsp3) is 0.167. The number of hydrogen-bond acceptors (Lipinski definition) is 4. The Labute approximate surface area is 121 Å². The van der Waals surface area contributed by atoms with Gasteiger partial charge in [0.1, 0.15) is 11.5 Å². The second-order valence-corrected chi connectivity index (χ2v) is 4.12. The van der Waals surface area contributed by atoms with Gasteiger partial charge in [0.2, 0.25) is 0 Å². The first-order valence-corrected chi connectivity index (χ1v) is 5.98. The van der Waals surface area contributed by atoms with Crippen molar-refractivity contribution in [2.45, 2.75) is 12.7 Å². The molecule has 2 aromatic rings. The number of halogens is 3. The standard InChI is InChI=1S/C12H10F3N5O2/c13-12(14,15)8-2-1-3-9(18-8)19-11(22)10(21)16-6-7-4-5-17-20-7/h1-5H,6H2,(H,16,21)(H,17,20)(H,18,19,22). The Morgan fingerprint density at radius 2 is 1.95 bits per heavy atom. The summed E-state index contributed by atoms with van der Waals surface area (Å²) in [6.07, 6.45) is -3.17. The number of alkyl halides is 3. The fourth-order valence-electron chi connectivity index (χ4n) is 1.47. The van der Waals surface area contributed by atoms with E-state index in [0.29, 0.717) is 5.69 Å². The molecule has 0 saturated heterocycles. The molecule has 0 aliphatic carbocycles. The second kappa shape index (κ2) is 6.24. The molecule has 3 N–H and O–H groups in total. The Morgan fingerprint density at radius 3 is 2.59 bits per heavy atom. The van der Waals surface area contributed by atoms with Gasteiger partial charge < -0.3 is 10.6 Å². The maximum Gasteiger partial charge on any atom is 0.433 e.